The fourth-order valence-electron chi connectivity index (χ4n) is 2.97. The summed E-state index contributed by atoms with van der Waals surface area (Å²) < 4.78 is 16.9. The first-order valence-electron chi connectivity index (χ1n) is 9.03. The normalized spacial score (nSPS) is 10.8. The van der Waals surface area contributed by atoms with E-state index in [0.29, 0.717) is 29.1 Å². The smallest absolute Gasteiger partial charge is 0.193 e. The number of rotatable bonds is 5. The van der Waals surface area contributed by atoms with Crippen molar-refractivity contribution >= 4 is 11.0 Å². The van der Waals surface area contributed by atoms with E-state index in [1.807, 2.05) is 49.4 Å². The summed E-state index contributed by atoms with van der Waals surface area (Å²) in [5.41, 5.74) is 3.53. The van der Waals surface area contributed by atoms with Gasteiger partial charge in [0.05, 0.1) is 12.5 Å². The molecule has 3 aromatic carbocycles. The minimum Gasteiger partial charge on any atom is -0.497 e. The Bertz CT molecular complexity index is 1160. The van der Waals surface area contributed by atoms with E-state index in [1.165, 1.54) is 11.6 Å². The first-order chi connectivity index (χ1) is 13.6. The van der Waals surface area contributed by atoms with Crippen LogP contribution in [0.3, 0.4) is 0 Å². The highest BCUT2D eigenvalue weighted by Gasteiger charge is 2.09. The van der Waals surface area contributed by atoms with Crippen molar-refractivity contribution in [2.24, 2.45) is 0 Å². The molecule has 1 aromatic heterocycles. The van der Waals surface area contributed by atoms with Crippen LogP contribution < -0.4 is 14.9 Å². The first kappa shape index (κ1) is 17.9. The lowest BCUT2D eigenvalue weighted by Crippen LogP contribution is -2.02. The molecule has 0 spiro atoms. The van der Waals surface area contributed by atoms with E-state index in [1.54, 1.807) is 19.2 Å². The molecule has 1 heterocycles. The molecule has 28 heavy (non-hydrogen) atoms. The van der Waals surface area contributed by atoms with Gasteiger partial charge in [-0.15, -0.1) is 0 Å². The first-order valence-corrected chi connectivity index (χ1v) is 9.03. The van der Waals surface area contributed by atoms with Crippen LogP contribution in [0.15, 0.2) is 82.0 Å². The number of fused-ring (bicyclic) bond motifs is 1. The van der Waals surface area contributed by atoms with Crippen LogP contribution in [0.5, 0.6) is 11.5 Å². The van der Waals surface area contributed by atoms with Gasteiger partial charge in [0.2, 0.25) is 0 Å². The molecule has 0 atom stereocenters. The predicted molar refractivity (Wildman–Crippen MR) is 110 cm³/mol. The molecule has 0 radical (unpaired) electrons. The van der Waals surface area contributed by atoms with Crippen molar-refractivity contribution in [3.8, 4) is 22.8 Å². The Morgan fingerprint density at radius 1 is 0.857 bits per heavy atom. The SMILES string of the molecule is COc1ccc(-c2cc(=O)c3cc(OCc4ccc(C)cc4)ccc3o2)cc1. The van der Waals surface area contributed by atoms with E-state index < -0.39 is 0 Å². The Morgan fingerprint density at radius 2 is 1.57 bits per heavy atom. The number of ether oxygens (including phenoxy) is 2. The monoisotopic (exact) mass is 372 g/mol. The zero-order chi connectivity index (χ0) is 19.5. The molecule has 0 aliphatic carbocycles. The maximum Gasteiger partial charge on any atom is 0.193 e. The highest BCUT2D eigenvalue weighted by molar-refractivity contribution is 5.80. The Labute approximate surface area is 163 Å². The molecule has 0 N–H and O–H groups in total. The Balaban J connectivity index is 1.60. The highest BCUT2D eigenvalue weighted by Crippen LogP contribution is 2.26. The molecule has 0 aliphatic rings. The minimum atomic E-state index is -0.104. The largest absolute Gasteiger partial charge is 0.497 e. The lowest BCUT2D eigenvalue weighted by Gasteiger charge is -2.08. The second-order valence-electron chi connectivity index (χ2n) is 6.64. The molecule has 0 aliphatic heterocycles. The molecule has 0 unspecified atom stereocenters. The summed E-state index contributed by atoms with van der Waals surface area (Å²) in [6, 6.07) is 22.4. The average Bonchev–Trinajstić information content (AvgIpc) is 2.73. The molecule has 4 heteroatoms. The molecule has 4 aromatic rings. The molecule has 0 saturated carbocycles. The molecular weight excluding hydrogens is 352 g/mol. The zero-order valence-electron chi connectivity index (χ0n) is 15.8. The Kier molecular flexibility index (Phi) is 4.85. The summed E-state index contributed by atoms with van der Waals surface area (Å²) in [5.74, 6) is 1.91. The van der Waals surface area contributed by atoms with Crippen LogP contribution >= 0.6 is 0 Å². The van der Waals surface area contributed by atoms with Gasteiger partial charge in [0, 0.05) is 11.6 Å². The maximum absolute atomic E-state index is 12.6. The van der Waals surface area contributed by atoms with Gasteiger partial charge < -0.3 is 13.9 Å². The van der Waals surface area contributed by atoms with Crippen molar-refractivity contribution in [3.63, 3.8) is 0 Å². The van der Waals surface area contributed by atoms with Crippen molar-refractivity contribution in [3.05, 3.63) is 94.1 Å². The van der Waals surface area contributed by atoms with Crippen LogP contribution in [0.25, 0.3) is 22.3 Å². The summed E-state index contributed by atoms with van der Waals surface area (Å²) >= 11 is 0. The van der Waals surface area contributed by atoms with E-state index in [0.717, 1.165) is 16.9 Å². The molecule has 4 nitrogen and oxygen atoms in total. The van der Waals surface area contributed by atoms with Crippen LogP contribution in [0.1, 0.15) is 11.1 Å². The third-order valence-corrected chi connectivity index (χ3v) is 4.60. The van der Waals surface area contributed by atoms with Gasteiger partial charge in [-0.05, 0) is 55.0 Å². The molecular formula is C24H20O4. The summed E-state index contributed by atoms with van der Waals surface area (Å²) in [6.07, 6.45) is 0. The van der Waals surface area contributed by atoms with E-state index in [-0.39, 0.29) is 5.43 Å². The lowest BCUT2D eigenvalue weighted by molar-refractivity contribution is 0.306. The number of aryl methyl sites for hydroxylation is 1. The van der Waals surface area contributed by atoms with Gasteiger partial charge in [-0.3, -0.25) is 4.79 Å². The van der Waals surface area contributed by atoms with Gasteiger partial charge in [-0.2, -0.15) is 0 Å². The molecule has 140 valence electrons. The fraction of sp³-hybridized carbons (Fsp3) is 0.125. The van der Waals surface area contributed by atoms with Crippen molar-refractivity contribution in [1.29, 1.82) is 0 Å². The second-order valence-corrected chi connectivity index (χ2v) is 6.64. The van der Waals surface area contributed by atoms with Gasteiger partial charge in [0.1, 0.15) is 29.4 Å². The molecule has 0 amide bonds. The number of benzene rings is 3. The van der Waals surface area contributed by atoms with Crippen molar-refractivity contribution < 1.29 is 13.9 Å². The maximum atomic E-state index is 12.6. The van der Waals surface area contributed by atoms with Gasteiger partial charge >= 0.3 is 0 Å². The van der Waals surface area contributed by atoms with Crippen molar-refractivity contribution in [2.45, 2.75) is 13.5 Å². The van der Waals surface area contributed by atoms with Crippen LogP contribution in [-0.4, -0.2) is 7.11 Å². The van der Waals surface area contributed by atoms with Gasteiger partial charge in [0.15, 0.2) is 5.43 Å². The summed E-state index contributed by atoms with van der Waals surface area (Å²) in [4.78, 5) is 12.6. The fourth-order valence-corrected chi connectivity index (χ4v) is 2.97. The summed E-state index contributed by atoms with van der Waals surface area (Å²) in [6.45, 7) is 2.49. The summed E-state index contributed by atoms with van der Waals surface area (Å²) in [5, 5.41) is 0.499. The van der Waals surface area contributed by atoms with Gasteiger partial charge in [0.25, 0.3) is 0 Å². The van der Waals surface area contributed by atoms with Gasteiger partial charge in [-0.25, -0.2) is 0 Å². The molecule has 0 bridgehead atoms. The third kappa shape index (κ3) is 3.76. The van der Waals surface area contributed by atoms with Crippen molar-refractivity contribution in [1.82, 2.24) is 0 Å². The molecule has 0 fully saturated rings. The Hall–Kier alpha value is -3.53. The van der Waals surface area contributed by atoms with Crippen LogP contribution in [0, 0.1) is 6.92 Å². The van der Waals surface area contributed by atoms with Crippen LogP contribution in [0.4, 0.5) is 0 Å². The van der Waals surface area contributed by atoms with Crippen molar-refractivity contribution in [2.75, 3.05) is 7.11 Å². The number of methoxy groups -OCH3 is 1. The van der Waals surface area contributed by atoms with E-state index >= 15 is 0 Å². The van der Waals surface area contributed by atoms with Crippen LogP contribution in [0.2, 0.25) is 0 Å². The zero-order valence-corrected chi connectivity index (χ0v) is 15.8. The Morgan fingerprint density at radius 3 is 2.29 bits per heavy atom. The van der Waals surface area contributed by atoms with Gasteiger partial charge in [-0.1, -0.05) is 29.8 Å². The lowest BCUT2D eigenvalue weighted by atomic mass is 10.1. The number of hydrogen-bond donors (Lipinski definition) is 0. The van der Waals surface area contributed by atoms with E-state index in [4.69, 9.17) is 13.9 Å². The highest BCUT2D eigenvalue weighted by atomic mass is 16.5. The molecule has 0 saturated heterocycles. The topological polar surface area (TPSA) is 48.7 Å². The standard InChI is InChI=1S/C24H20O4/c1-16-3-5-17(6-4-16)15-27-20-11-12-23-21(13-20)22(25)14-24(28-23)18-7-9-19(26-2)10-8-18/h3-14H,15H2,1-2H3. The second kappa shape index (κ2) is 7.61. The predicted octanol–water partition coefficient (Wildman–Crippen LogP) is 5.36. The van der Waals surface area contributed by atoms with E-state index in [9.17, 15) is 4.79 Å². The molecule has 4 rings (SSSR count). The minimum absolute atomic E-state index is 0.104. The quantitative estimate of drug-likeness (QED) is 0.473. The van der Waals surface area contributed by atoms with E-state index in [2.05, 4.69) is 12.1 Å². The van der Waals surface area contributed by atoms with Crippen LogP contribution in [-0.2, 0) is 6.61 Å². The average molecular weight is 372 g/mol. The third-order valence-electron chi connectivity index (χ3n) is 4.60. The number of hydrogen-bond acceptors (Lipinski definition) is 4. The summed E-state index contributed by atoms with van der Waals surface area (Å²) in [7, 11) is 1.61.